The highest BCUT2D eigenvalue weighted by molar-refractivity contribution is 7.90. The van der Waals surface area contributed by atoms with E-state index < -0.39 is 27.7 Å². The molecule has 8 heteroatoms. The molecule has 0 spiro atoms. The van der Waals surface area contributed by atoms with Crippen LogP contribution in [0.2, 0.25) is 0 Å². The molecule has 0 radical (unpaired) electrons. The lowest BCUT2D eigenvalue weighted by Crippen LogP contribution is -2.36. The predicted molar refractivity (Wildman–Crippen MR) is 79.0 cm³/mol. The maximum absolute atomic E-state index is 12.0. The van der Waals surface area contributed by atoms with Gasteiger partial charge in [0.25, 0.3) is 10.0 Å². The first-order chi connectivity index (χ1) is 10.0. The molecule has 0 atom stereocenters. The number of rotatable bonds is 4. The number of benzene rings is 1. The minimum Gasteiger partial charge on any atom is -0.462 e. The summed E-state index contributed by atoms with van der Waals surface area (Å²) in [4.78, 5) is 22.8. The number of hydrogen-bond acceptors (Lipinski definition) is 6. The summed E-state index contributed by atoms with van der Waals surface area (Å²) in [5.41, 5.74) is -0.592. The standard InChI is InChI=1S/C14H19NO6S/c1-5-20-12(16)10-6-8-11(9-7-10)22(18,19)15-13(17)21-14(2,3)4/h6-9H,5H2,1-4H3,(H,15,17). The average molecular weight is 329 g/mol. The molecular weight excluding hydrogens is 310 g/mol. The van der Waals surface area contributed by atoms with Gasteiger partial charge in [0, 0.05) is 0 Å². The Bertz CT molecular complexity index is 643. The minimum atomic E-state index is -4.06. The van der Waals surface area contributed by atoms with Crippen LogP contribution < -0.4 is 4.72 Å². The van der Waals surface area contributed by atoms with Crippen molar-refractivity contribution in [3.05, 3.63) is 29.8 Å². The van der Waals surface area contributed by atoms with Gasteiger partial charge in [-0.15, -0.1) is 0 Å². The van der Waals surface area contributed by atoms with E-state index in [1.807, 2.05) is 0 Å². The smallest absolute Gasteiger partial charge is 0.421 e. The number of amides is 1. The Labute approximate surface area is 129 Å². The number of carbonyl (C=O) groups excluding carboxylic acids is 2. The number of esters is 1. The Morgan fingerprint density at radius 1 is 1.14 bits per heavy atom. The second kappa shape index (κ2) is 6.78. The van der Waals surface area contributed by atoms with Crippen molar-refractivity contribution in [2.45, 2.75) is 38.2 Å². The van der Waals surface area contributed by atoms with Gasteiger partial charge in [-0.05, 0) is 52.0 Å². The van der Waals surface area contributed by atoms with Crippen LogP contribution in [0, 0.1) is 0 Å². The lowest BCUT2D eigenvalue weighted by molar-refractivity contribution is 0.0523. The Balaban J connectivity index is 2.86. The van der Waals surface area contributed by atoms with Gasteiger partial charge >= 0.3 is 12.1 Å². The zero-order chi connectivity index (χ0) is 17.0. The van der Waals surface area contributed by atoms with Gasteiger partial charge in [-0.2, -0.15) is 0 Å². The largest absolute Gasteiger partial charge is 0.462 e. The van der Waals surface area contributed by atoms with E-state index in [9.17, 15) is 18.0 Å². The molecule has 0 saturated heterocycles. The maximum atomic E-state index is 12.0. The summed E-state index contributed by atoms with van der Waals surface area (Å²) >= 11 is 0. The summed E-state index contributed by atoms with van der Waals surface area (Å²) in [6.07, 6.45) is -1.07. The molecule has 1 aromatic rings. The second-order valence-corrected chi connectivity index (χ2v) is 7.03. The molecule has 0 aliphatic carbocycles. The van der Waals surface area contributed by atoms with Crippen LogP contribution in [0.25, 0.3) is 0 Å². The lowest BCUT2D eigenvalue weighted by Gasteiger charge is -2.19. The molecule has 22 heavy (non-hydrogen) atoms. The minimum absolute atomic E-state index is 0.161. The van der Waals surface area contributed by atoms with Gasteiger partial charge < -0.3 is 9.47 Å². The Hall–Kier alpha value is -2.09. The third-order valence-electron chi connectivity index (χ3n) is 2.29. The van der Waals surface area contributed by atoms with E-state index in [2.05, 4.69) is 0 Å². The van der Waals surface area contributed by atoms with Crippen LogP contribution in [-0.4, -0.2) is 32.7 Å². The third-order valence-corrected chi connectivity index (χ3v) is 3.62. The van der Waals surface area contributed by atoms with E-state index in [1.165, 1.54) is 24.3 Å². The van der Waals surface area contributed by atoms with Crippen molar-refractivity contribution in [1.29, 1.82) is 0 Å². The van der Waals surface area contributed by atoms with Crippen LogP contribution in [0.5, 0.6) is 0 Å². The van der Waals surface area contributed by atoms with Crippen molar-refractivity contribution in [3.63, 3.8) is 0 Å². The molecule has 1 amide bonds. The third kappa shape index (κ3) is 5.36. The molecular formula is C14H19NO6S. The molecule has 0 aliphatic rings. The van der Waals surface area contributed by atoms with Crippen molar-refractivity contribution in [3.8, 4) is 0 Å². The van der Waals surface area contributed by atoms with E-state index in [0.29, 0.717) is 0 Å². The molecule has 0 heterocycles. The summed E-state index contributed by atoms with van der Waals surface area (Å²) in [6.45, 7) is 6.74. The quantitative estimate of drug-likeness (QED) is 0.849. The van der Waals surface area contributed by atoms with Crippen molar-refractivity contribution >= 4 is 22.1 Å². The molecule has 0 saturated carbocycles. The molecule has 7 nitrogen and oxygen atoms in total. The molecule has 1 rings (SSSR count). The van der Waals surface area contributed by atoms with Gasteiger partial charge in [-0.3, -0.25) is 0 Å². The van der Waals surface area contributed by atoms with Crippen molar-refractivity contribution in [2.24, 2.45) is 0 Å². The molecule has 122 valence electrons. The maximum Gasteiger partial charge on any atom is 0.421 e. The Kier molecular flexibility index (Phi) is 5.54. The topological polar surface area (TPSA) is 98.8 Å². The van der Waals surface area contributed by atoms with Crippen LogP contribution in [0.4, 0.5) is 4.79 Å². The predicted octanol–water partition coefficient (Wildman–Crippen LogP) is 2.08. The molecule has 0 aliphatic heterocycles. The average Bonchev–Trinajstić information content (AvgIpc) is 2.36. The van der Waals surface area contributed by atoms with Gasteiger partial charge in [0.15, 0.2) is 0 Å². The van der Waals surface area contributed by atoms with Crippen LogP contribution >= 0.6 is 0 Å². The van der Waals surface area contributed by atoms with E-state index >= 15 is 0 Å². The zero-order valence-corrected chi connectivity index (χ0v) is 13.7. The summed E-state index contributed by atoms with van der Waals surface area (Å²) in [5.74, 6) is -0.549. The number of hydrogen-bond donors (Lipinski definition) is 1. The molecule has 0 unspecified atom stereocenters. The van der Waals surface area contributed by atoms with Crippen molar-refractivity contribution < 1.29 is 27.5 Å². The first-order valence-corrected chi connectivity index (χ1v) is 8.06. The summed E-state index contributed by atoms with van der Waals surface area (Å²) in [6, 6.07) is 5.03. The number of nitrogens with one attached hydrogen (secondary N) is 1. The molecule has 0 bridgehead atoms. The molecule has 0 fully saturated rings. The molecule has 0 aromatic heterocycles. The molecule has 1 N–H and O–H groups in total. The van der Waals surface area contributed by atoms with Crippen LogP contribution in [0.15, 0.2) is 29.2 Å². The summed E-state index contributed by atoms with van der Waals surface area (Å²) in [5, 5.41) is 0. The van der Waals surface area contributed by atoms with Gasteiger partial charge in [0.2, 0.25) is 0 Å². The zero-order valence-electron chi connectivity index (χ0n) is 12.9. The summed E-state index contributed by atoms with van der Waals surface area (Å²) < 4.78 is 35.5. The lowest BCUT2D eigenvalue weighted by atomic mass is 10.2. The fourth-order valence-corrected chi connectivity index (χ4v) is 2.33. The normalized spacial score (nSPS) is 11.6. The fourth-order valence-electron chi connectivity index (χ4n) is 1.45. The van der Waals surface area contributed by atoms with Crippen LogP contribution in [0.3, 0.4) is 0 Å². The Morgan fingerprint density at radius 3 is 2.14 bits per heavy atom. The SMILES string of the molecule is CCOC(=O)c1ccc(S(=O)(=O)NC(=O)OC(C)(C)C)cc1. The van der Waals surface area contributed by atoms with E-state index in [0.717, 1.165) is 0 Å². The Morgan fingerprint density at radius 2 is 1.68 bits per heavy atom. The molecule has 1 aromatic carbocycles. The van der Waals surface area contributed by atoms with Crippen LogP contribution in [-0.2, 0) is 19.5 Å². The van der Waals surface area contributed by atoms with Gasteiger partial charge in [0.1, 0.15) is 5.60 Å². The van der Waals surface area contributed by atoms with Crippen LogP contribution in [0.1, 0.15) is 38.1 Å². The number of sulfonamides is 1. The summed E-state index contributed by atoms with van der Waals surface area (Å²) in [7, 11) is -4.06. The monoisotopic (exact) mass is 329 g/mol. The van der Waals surface area contributed by atoms with Gasteiger partial charge in [-0.25, -0.2) is 22.7 Å². The van der Waals surface area contributed by atoms with Crippen molar-refractivity contribution in [2.75, 3.05) is 6.61 Å². The number of carbonyl (C=O) groups is 2. The van der Waals surface area contributed by atoms with E-state index in [-0.39, 0.29) is 17.1 Å². The van der Waals surface area contributed by atoms with E-state index in [4.69, 9.17) is 9.47 Å². The van der Waals surface area contributed by atoms with E-state index in [1.54, 1.807) is 32.4 Å². The first-order valence-electron chi connectivity index (χ1n) is 6.58. The highest BCUT2D eigenvalue weighted by Gasteiger charge is 2.23. The van der Waals surface area contributed by atoms with Gasteiger partial charge in [-0.1, -0.05) is 0 Å². The number of ether oxygens (including phenoxy) is 2. The second-order valence-electron chi connectivity index (χ2n) is 5.35. The highest BCUT2D eigenvalue weighted by atomic mass is 32.2. The fraction of sp³-hybridized carbons (Fsp3) is 0.429. The first kappa shape index (κ1) is 18.0. The van der Waals surface area contributed by atoms with Gasteiger partial charge in [0.05, 0.1) is 17.1 Å². The van der Waals surface area contributed by atoms with Crippen molar-refractivity contribution in [1.82, 2.24) is 4.72 Å². The highest BCUT2D eigenvalue weighted by Crippen LogP contribution is 2.13.